The number of halogens is 3. The molecule has 0 amide bonds. The van der Waals surface area contributed by atoms with Gasteiger partial charge in [0.2, 0.25) is 0 Å². The van der Waals surface area contributed by atoms with Crippen LogP contribution in [0.25, 0.3) is 21.8 Å². The number of benzene rings is 2. The van der Waals surface area contributed by atoms with Crippen LogP contribution in [0.1, 0.15) is 11.4 Å². The molecule has 2 aromatic heterocycles. The van der Waals surface area contributed by atoms with Crippen LogP contribution in [0.3, 0.4) is 0 Å². The van der Waals surface area contributed by atoms with E-state index < -0.39 is 0 Å². The zero-order valence-corrected chi connectivity index (χ0v) is 15.8. The molecule has 6 heteroatoms. The third-order valence-electron chi connectivity index (χ3n) is 3.95. The molecule has 0 aliphatic rings. The Kier molecular flexibility index (Phi) is 5.13. The number of para-hydroxylation sites is 2. The standard InChI is InChI=1S/C10H7BrFN.C10H9FN2/c1-6-8(11)5-7-3-2-4-9(12)10(7)13-6;1-6-9(12)5-7-3-2-4-8(11)10(7)13-6/h2-5H,1H3;2-5H,12H2,1H3. The van der Waals surface area contributed by atoms with Crippen molar-refractivity contribution in [2.45, 2.75) is 13.8 Å². The number of nitrogen functional groups attached to an aromatic ring is 1. The molecule has 132 valence electrons. The molecule has 2 aromatic carbocycles. The third kappa shape index (κ3) is 3.65. The van der Waals surface area contributed by atoms with Crippen LogP contribution in [0.4, 0.5) is 14.5 Å². The Morgan fingerprint density at radius 2 is 1.31 bits per heavy atom. The molecule has 0 bridgehead atoms. The van der Waals surface area contributed by atoms with Crippen molar-refractivity contribution in [1.82, 2.24) is 9.97 Å². The number of pyridine rings is 2. The highest BCUT2D eigenvalue weighted by Crippen LogP contribution is 2.22. The molecule has 0 aliphatic heterocycles. The van der Waals surface area contributed by atoms with Crippen LogP contribution in [-0.4, -0.2) is 9.97 Å². The monoisotopic (exact) mass is 415 g/mol. The molecule has 0 unspecified atom stereocenters. The molecule has 2 N–H and O–H groups in total. The zero-order valence-electron chi connectivity index (χ0n) is 14.2. The van der Waals surface area contributed by atoms with Gasteiger partial charge in [-0.2, -0.15) is 0 Å². The number of anilines is 1. The molecule has 4 rings (SSSR count). The summed E-state index contributed by atoms with van der Waals surface area (Å²) >= 11 is 3.36. The highest BCUT2D eigenvalue weighted by atomic mass is 79.9. The zero-order chi connectivity index (χ0) is 18.8. The molecule has 0 atom stereocenters. The van der Waals surface area contributed by atoms with Gasteiger partial charge in [-0.3, -0.25) is 0 Å². The van der Waals surface area contributed by atoms with Crippen molar-refractivity contribution >= 4 is 43.4 Å². The first-order valence-electron chi connectivity index (χ1n) is 7.89. The lowest BCUT2D eigenvalue weighted by molar-refractivity contribution is 0.636. The Morgan fingerprint density at radius 3 is 1.88 bits per heavy atom. The summed E-state index contributed by atoms with van der Waals surface area (Å²) in [6.07, 6.45) is 0. The van der Waals surface area contributed by atoms with E-state index in [-0.39, 0.29) is 11.6 Å². The summed E-state index contributed by atoms with van der Waals surface area (Å²) in [5.41, 5.74) is 8.53. The van der Waals surface area contributed by atoms with Gasteiger partial charge in [0.1, 0.15) is 22.7 Å². The van der Waals surface area contributed by atoms with Gasteiger partial charge in [-0.15, -0.1) is 0 Å². The summed E-state index contributed by atoms with van der Waals surface area (Å²) in [5.74, 6) is -0.575. The van der Waals surface area contributed by atoms with E-state index in [9.17, 15) is 8.78 Å². The average Bonchev–Trinajstić information content (AvgIpc) is 2.60. The van der Waals surface area contributed by atoms with E-state index in [4.69, 9.17) is 5.73 Å². The largest absolute Gasteiger partial charge is 0.397 e. The van der Waals surface area contributed by atoms with Crippen LogP contribution >= 0.6 is 15.9 Å². The lowest BCUT2D eigenvalue weighted by Gasteiger charge is -2.02. The van der Waals surface area contributed by atoms with E-state index in [2.05, 4.69) is 25.9 Å². The van der Waals surface area contributed by atoms with E-state index >= 15 is 0 Å². The summed E-state index contributed by atoms with van der Waals surface area (Å²) in [6, 6.07) is 13.4. The fraction of sp³-hybridized carbons (Fsp3) is 0.100. The Bertz CT molecular complexity index is 1020. The van der Waals surface area contributed by atoms with Crippen molar-refractivity contribution < 1.29 is 8.78 Å². The first-order chi connectivity index (χ1) is 12.4. The second-order valence-corrected chi connectivity index (χ2v) is 6.70. The van der Waals surface area contributed by atoms with Gasteiger partial charge in [-0.25, -0.2) is 18.7 Å². The number of rotatable bonds is 0. The number of fused-ring (bicyclic) bond motifs is 2. The van der Waals surface area contributed by atoms with Crippen molar-refractivity contribution in [3.8, 4) is 0 Å². The second-order valence-electron chi connectivity index (χ2n) is 5.84. The Labute approximate surface area is 158 Å². The Balaban J connectivity index is 0.000000151. The maximum Gasteiger partial charge on any atom is 0.149 e. The van der Waals surface area contributed by atoms with E-state index in [1.165, 1.54) is 12.1 Å². The van der Waals surface area contributed by atoms with Crippen LogP contribution < -0.4 is 5.73 Å². The number of nitrogens with zero attached hydrogens (tertiary/aromatic N) is 2. The minimum absolute atomic E-state index is 0.270. The SMILES string of the molecule is Cc1nc2c(F)cccc2cc1Br.Cc1nc2c(F)cccc2cc1N. The van der Waals surface area contributed by atoms with Gasteiger partial charge in [-0.1, -0.05) is 24.3 Å². The second kappa shape index (κ2) is 7.33. The Hall–Kier alpha value is -2.60. The number of aromatic nitrogens is 2. The maximum absolute atomic E-state index is 13.2. The van der Waals surface area contributed by atoms with Crippen molar-refractivity contribution in [2.75, 3.05) is 5.73 Å². The summed E-state index contributed by atoms with van der Waals surface area (Å²) in [4.78, 5) is 8.23. The van der Waals surface area contributed by atoms with Crippen LogP contribution in [-0.2, 0) is 0 Å². The minimum atomic E-state index is -0.305. The highest BCUT2D eigenvalue weighted by Gasteiger charge is 2.04. The average molecular weight is 416 g/mol. The quantitative estimate of drug-likeness (QED) is 0.400. The lowest BCUT2D eigenvalue weighted by atomic mass is 10.2. The molecule has 0 spiro atoms. The normalized spacial score (nSPS) is 10.7. The maximum atomic E-state index is 13.2. The molecule has 0 saturated heterocycles. The molecule has 0 fully saturated rings. The molecule has 0 aliphatic carbocycles. The molecule has 0 radical (unpaired) electrons. The van der Waals surface area contributed by atoms with Crippen molar-refractivity contribution in [3.05, 3.63) is 76.0 Å². The summed E-state index contributed by atoms with van der Waals surface area (Å²) < 4.78 is 27.3. The van der Waals surface area contributed by atoms with Gasteiger partial charge in [0, 0.05) is 15.2 Å². The summed E-state index contributed by atoms with van der Waals surface area (Å²) in [5, 5.41) is 1.56. The fourth-order valence-corrected chi connectivity index (χ4v) is 2.83. The van der Waals surface area contributed by atoms with Gasteiger partial charge in [0.15, 0.2) is 0 Å². The fourth-order valence-electron chi connectivity index (χ4n) is 2.50. The first kappa shape index (κ1) is 18.2. The number of nitrogens with two attached hydrogens (primary N) is 1. The lowest BCUT2D eigenvalue weighted by Crippen LogP contribution is -1.94. The van der Waals surface area contributed by atoms with Gasteiger partial charge in [0.25, 0.3) is 0 Å². The Morgan fingerprint density at radius 1 is 0.808 bits per heavy atom. The van der Waals surface area contributed by atoms with E-state index in [1.54, 1.807) is 31.2 Å². The van der Waals surface area contributed by atoms with Gasteiger partial charge in [0.05, 0.1) is 17.1 Å². The van der Waals surface area contributed by atoms with E-state index in [0.717, 1.165) is 20.9 Å². The van der Waals surface area contributed by atoms with Gasteiger partial charge >= 0.3 is 0 Å². The molecular weight excluding hydrogens is 400 g/mol. The molecular formula is C20H16BrF2N3. The smallest absolute Gasteiger partial charge is 0.149 e. The first-order valence-corrected chi connectivity index (χ1v) is 8.69. The van der Waals surface area contributed by atoms with Crippen molar-refractivity contribution in [2.24, 2.45) is 0 Å². The van der Waals surface area contributed by atoms with Crippen molar-refractivity contribution in [1.29, 1.82) is 0 Å². The summed E-state index contributed by atoms with van der Waals surface area (Å²) in [7, 11) is 0. The number of aryl methyl sites for hydroxylation is 2. The van der Waals surface area contributed by atoms with Crippen LogP contribution in [0.15, 0.2) is 53.0 Å². The van der Waals surface area contributed by atoms with Crippen LogP contribution in [0, 0.1) is 25.5 Å². The third-order valence-corrected chi connectivity index (χ3v) is 4.75. The molecule has 4 aromatic rings. The number of hydrogen-bond donors (Lipinski definition) is 1. The van der Waals surface area contributed by atoms with Crippen molar-refractivity contribution in [3.63, 3.8) is 0 Å². The van der Waals surface area contributed by atoms with E-state index in [1.807, 2.05) is 19.1 Å². The number of hydrogen-bond acceptors (Lipinski definition) is 3. The molecule has 26 heavy (non-hydrogen) atoms. The van der Waals surface area contributed by atoms with Gasteiger partial charge in [-0.05, 0) is 54.0 Å². The topological polar surface area (TPSA) is 51.8 Å². The van der Waals surface area contributed by atoms with Crippen LogP contribution in [0.2, 0.25) is 0 Å². The predicted molar refractivity (Wildman–Crippen MR) is 105 cm³/mol. The minimum Gasteiger partial charge on any atom is -0.397 e. The molecule has 2 heterocycles. The van der Waals surface area contributed by atoms with E-state index in [0.29, 0.717) is 22.4 Å². The summed E-state index contributed by atoms with van der Waals surface area (Å²) in [6.45, 7) is 3.61. The molecule has 3 nitrogen and oxygen atoms in total. The molecule has 0 saturated carbocycles. The van der Waals surface area contributed by atoms with Crippen LogP contribution in [0.5, 0.6) is 0 Å². The highest BCUT2D eigenvalue weighted by molar-refractivity contribution is 9.10. The van der Waals surface area contributed by atoms with Gasteiger partial charge < -0.3 is 5.73 Å². The predicted octanol–water partition coefficient (Wildman–Crippen LogP) is 5.71.